The summed E-state index contributed by atoms with van der Waals surface area (Å²) < 4.78 is 37.9. The van der Waals surface area contributed by atoms with Gasteiger partial charge in [-0.05, 0) is 42.7 Å². The van der Waals surface area contributed by atoms with Crippen LogP contribution in [0.4, 0.5) is 18.9 Å². The van der Waals surface area contributed by atoms with Gasteiger partial charge in [-0.2, -0.15) is 13.2 Å². The van der Waals surface area contributed by atoms with Crippen molar-refractivity contribution in [1.29, 1.82) is 0 Å². The van der Waals surface area contributed by atoms with Crippen molar-refractivity contribution in [2.45, 2.75) is 17.5 Å². The van der Waals surface area contributed by atoms with Crippen molar-refractivity contribution in [2.24, 2.45) is 0 Å². The smallest absolute Gasteiger partial charge is 0.326 e. The van der Waals surface area contributed by atoms with E-state index >= 15 is 0 Å². The molecule has 0 aliphatic heterocycles. The maximum Gasteiger partial charge on any atom is 0.416 e. The number of nitrogens with zero attached hydrogens (tertiary/aromatic N) is 1. The van der Waals surface area contributed by atoms with Gasteiger partial charge in [-0.25, -0.2) is 4.98 Å². The van der Waals surface area contributed by atoms with Crippen molar-refractivity contribution in [3.8, 4) is 10.6 Å². The number of alkyl halides is 3. The predicted molar refractivity (Wildman–Crippen MR) is 103 cm³/mol. The van der Waals surface area contributed by atoms with Crippen LogP contribution in [0.1, 0.15) is 11.3 Å². The van der Waals surface area contributed by atoms with Crippen molar-refractivity contribution in [2.75, 3.05) is 11.6 Å². The van der Waals surface area contributed by atoms with E-state index in [0.717, 1.165) is 17.0 Å². The number of carbonyl (C=O) groups is 1. The van der Waals surface area contributed by atoms with Crippen molar-refractivity contribution < 1.29 is 18.0 Å². The number of rotatable bonds is 5. The lowest BCUT2D eigenvalue weighted by atomic mass is 10.1. The molecule has 1 aromatic heterocycles. The second-order valence-corrected chi connectivity index (χ2v) is 7.41. The zero-order valence-electron chi connectivity index (χ0n) is 14.2. The van der Waals surface area contributed by atoms with Crippen molar-refractivity contribution in [1.82, 2.24) is 4.98 Å². The number of halogens is 3. The lowest BCUT2D eigenvalue weighted by Crippen LogP contribution is -2.14. The number of carbonyl (C=O) groups excluding carboxylic acids is 1. The van der Waals surface area contributed by atoms with Gasteiger partial charge in [0.1, 0.15) is 5.01 Å². The normalized spacial score (nSPS) is 11.4. The number of anilines is 1. The number of thiazole rings is 1. The molecule has 0 unspecified atom stereocenters. The Morgan fingerprint density at radius 2 is 1.78 bits per heavy atom. The number of hydrogen-bond donors (Lipinski definition) is 1. The van der Waals surface area contributed by atoms with Gasteiger partial charge in [0.15, 0.2) is 0 Å². The SMILES string of the molecule is CSc1ccc(NC(=O)Cc2csc(-c3ccc(C(F)(F)F)cc3)n2)cc1. The Balaban J connectivity index is 1.64. The standard InChI is InChI=1S/C19H15F3N2OS2/c1-26-16-8-6-14(7-9-16)23-17(25)10-15-11-27-18(24-15)12-2-4-13(5-3-12)19(20,21)22/h2-9,11H,10H2,1H3,(H,23,25). The van der Waals surface area contributed by atoms with E-state index in [9.17, 15) is 18.0 Å². The average Bonchev–Trinajstić information content (AvgIpc) is 3.10. The molecule has 0 saturated heterocycles. The van der Waals surface area contributed by atoms with Gasteiger partial charge in [0.05, 0.1) is 17.7 Å². The fourth-order valence-corrected chi connectivity index (χ4v) is 3.60. The molecule has 140 valence electrons. The molecule has 3 rings (SSSR count). The van der Waals surface area contributed by atoms with E-state index in [-0.39, 0.29) is 12.3 Å². The summed E-state index contributed by atoms with van der Waals surface area (Å²) in [6, 6.07) is 12.3. The first-order chi connectivity index (χ1) is 12.8. The van der Waals surface area contributed by atoms with Gasteiger partial charge in [0.2, 0.25) is 5.91 Å². The minimum absolute atomic E-state index is 0.0986. The summed E-state index contributed by atoms with van der Waals surface area (Å²) in [6.07, 6.45) is -2.29. The van der Waals surface area contributed by atoms with Crippen LogP contribution < -0.4 is 5.32 Å². The van der Waals surface area contributed by atoms with Gasteiger partial charge < -0.3 is 5.32 Å². The summed E-state index contributed by atoms with van der Waals surface area (Å²) in [5.41, 5.74) is 1.17. The molecule has 0 saturated carbocycles. The van der Waals surface area contributed by atoms with Crippen LogP contribution >= 0.6 is 23.1 Å². The van der Waals surface area contributed by atoms with Gasteiger partial charge >= 0.3 is 6.18 Å². The van der Waals surface area contributed by atoms with Crippen LogP contribution in [-0.4, -0.2) is 17.1 Å². The second kappa shape index (κ2) is 8.14. The number of amides is 1. The minimum Gasteiger partial charge on any atom is -0.326 e. The van der Waals surface area contributed by atoms with Crippen LogP contribution in [0.25, 0.3) is 10.6 Å². The van der Waals surface area contributed by atoms with Crippen molar-refractivity contribution >= 4 is 34.7 Å². The molecule has 1 heterocycles. The molecular weight excluding hydrogens is 393 g/mol. The Labute approximate surface area is 162 Å². The summed E-state index contributed by atoms with van der Waals surface area (Å²) in [6.45, 7) is 0. The van der Waals surface area contributed by atoms with Crippen molar-refractivity contribution in [3.63, 3.8) is 0 Å². The Hall–Kier alpha value is -2.32. The average molecular weight is 408 g/mol. The van der Waals surface area contributed by atoms with Gasteiger partial charge in [-0.1, -0.05) is 12.1 Å². The lowest BCUT2D eigenvalue weighted by Gasteiger charge is -2.06. The number of hydrogen-bond acceptors (Lipinski definition) is 4. The molecule has 27 heavy (non-hydrogen) atoms. The van der Waals surface area contributed by atoms with Gasteiger partial charge in [0, 0.05) is 21.5 Å². The molecule has 2 aromatic carbocycles. The third-order valence-electron chi connectivity index (χ3n) is 3.73. The Bertz CT molecular complexity index is 919. The number of benzene rings is 2. The molecule has 1 amide bonds. The maximum absolute atomic E-state index is 12.6. The number of thioether (sulfide) groups is 1. The van der Waals surface area contributed by atoms with E-state index in [0.29, 0.717) is 22.0 Å². The highest BCUT2D eigenvalue weighted by molar-refractivity contribution is 7.98. The highest BCUT2D eigenvalue weighted by Gasteiger charge is 2.30. The topological polar surface area (TPSA) is 42.0 Å². The van der Waals surface area contributed by atoms with Gasteiger partial charge in [-0.3, -0.25) is 4.79 Å². The first-order valence-corrected chi connectivity index (χ1v) is 10.0. The number of nitrogens with one attached hydrogen (secondary N) is 1. The number of aromatic nitrogens is 1. The highest BCUT2D eigenvalue weighted by atomic mass is 32.2. The maximum atomic E-state index is 12.6. The second-order valence-electron chi connectivity index (χ2n) is 5.67. The Morgan fingerprint density at radius 1 is 1.11 bits per heavy atom. The van der Waals surface area contributed by atoms with E-state index in [1.54, 1.807) is 17.1 Å². The quantitative estimate of drug-likeness (QED) is 0.548. The monoisotopic (exact) mass is 408 g/mol. The van der Waals surface area contributed by atoms with E-state index in [1.165, 1.54) is 23.5 Å². The molecule has 0 bridgehead atoms. The highest BCUT2D eigenvalue weighted by Crippen LogP contribution is 2.31. The first-order valence-electron chi connectivity index (χ1n) is 7.91. The molecule has 0 aliphatic rings. The summed E-state index contributed by atoms with van der Waals surface area (Å²) in [5.74, 6) is -0.198. The van der Waals surface area contributed by atoms with Gasteiger partial charge in [-0.15, -0.1) is 23.1 Å². The van der Waals surface area contributed by atoms with Crippen LogP contribution in [-0.2, 0) is 17.4 Å². The first kappa shape index (κ1) is 19.4. The van der Waals surface area contributed by atoms with Crippen LogP contribution in [0.15, 0.2) is 58.8 Å². The Kier molecular flexibility index (Phi) is 5.86. The largest absolute Gasteiger partial charge is 0.416 e. The molecule has 0 atom stereocenters. The molecule has 0 spiro atoms. The molecule has 3 aromatic rings. The Morgan fingerprint density at radius 3 is 2.37 bits per heavy atom. The molecule has 0 aliphatic carbocycles. The van der Waals surface area contributed by atoms with Crippen LogP contribution in [0.5, 0.6) is 0 Å². The third kappa shape index (κ3) is 5.11. The fourth-order valence-electron chi connectivity index (χ4n) is 2.37. The van der Waals surface area contributed by atoms with Crippen molar-refractivity contribution in [3.05, 3.63) is 65.2 Å². The molecular formula is C19H15F3N2OS2. The van der Waals surface area contributed by atoms with Crippen LogP contribution in [0, 0.1) is 0 Å². The van der Waals surface area contributed by atoms with Crippen LogP contribution in [0.3, 0.4) is 0 Å². The van der Waals surface area contributed by atoms with E-state index < -0.39 is 11.7 Å². The van der Waals surface area contributed by atoms with E-state index in [2.05, 4.69) is 10.3 Å². The van der Waals surface area contributed by atoms with E-state index in [1.807, 2.05) is 30.5 Å². The fraction of sp³-hybridized carbons (Fsp3) is 0.158. The zero-order valence-corrected chi connectivity index (χ0v) is 15.8. The third-order valence-corrected chi connectivity index (χ3v) is 5.41. The summed E-state index contributed by atoms with van der Waals surface area (Å²) in [5, 5.41) is 5.13. The summed E-state index contributed by atoms with van der Waals surface area (Å²) in [4.78, 5) is 17.6. The molecule has 1 N–H and O–H groups in total. The van der Waals surface area contributed by atoms with E-state index in [4.69, 9.17) is 0 Å². The summed E-state index contributed by atoms with van der Waals surface area (Å²) >= 11 is 2.91. The lowest BCUT2D eigenvalue weighted by molar-refractivity contribution is -0.137. The van der Waals surface area contributed by atoms with Gasteiger partial charge in [0.25, 0.3) is 0 Å². The van der Waals surface area contributed by atoms with Crippen LogP contribution in [0.2, 0.25) is 0 Å². The minimum atomic E-state index is -4.36. The summed E-state index contributed by atoms with van der Waals surface area (Å²) in [7, 11) is 0. The molecule has 3 nitrogen and oxygen atoms in total. The molecule has 0 radical (unpaired) electrons. The molecule has 8 heteroatoms. The molecule has 0 fully saturated rings. The zero-order chi connectivity index (χ0) is 19.4. The predicted octanol–water partition coefficient (Wildman–Crippen LogP) is 5.73.